The lowest BCUT2D eigenvalue weighted by Crippen LogP contribution is -2.53. The number of hydrogen-bond acceptors (Lipinski definition) is 4. The molecule has 1 saturated carbocycles. The maximum absolute atomic E-state index is 10.7. The first-order valence-corrected chi connectivity index (χ1v) is 7.39. The van der Waals surface area contributed by atoms with Crippen LogP contribution >= 0.6 is 0 Å². The number of nitriles is 1. The van der Waals surface area contributed by atoms with Crippen molar-refractivity contribution in [2.24, 2.45) is 5.92 Å². The van der Waals surface area contributed by atoms with Crippen LogP contribution in [0.1, 0.15) is 37.7 Å². The van der Waals surface area contributed by atoms with Gasteiger partial charge in [0.25, 0.3) is 0 Å². The number of nitrogen functional groups attached to an aromatic ring is 1. The Labute approximate surface area is 119 Å². The molecule has 4 heteroatoms. The van der Waals surface area contributed by atoms with E-state index < -0.39 is 5.60 Å². The molecule has 1 heterocycles. The Morgan fingerprint density at radius 2 is 2.20 bits per heavy atom. The highest BCUT2D eigenvalue weighted by Gasteiger charge is 2.42. The molecule has 3 N–H and O–H groups in total. The highest BCUT2D eigenvalue weighted by Crippen LogP contribution is 2.41. The number of rotatable bonds is 1. The lowest BCUT2D eigenvalue weighted by Gasteiger charge is -2.48. The Hall–Kier alpha value is -1.73. The second kappa shape index (κ2) is 4.99. The molecule has 1 saturated heterocycles. The van der Waals surface area contributed by atoms with Crippen LogP contribution in [0.3, 0.4) is 0 Å². The number of nitrogens with two attached hydrogens (primary N) is 1. The maximum Gasteiger partial charge on any atom is 0.0992 e. The van der Waals surface area contributed by atoms with Gasteiger partial charge in [-0.1, -0.05) is 12.8 Å². The molecule has 3 rings (SSSR count). The van der Waals surface area contributed by atoms with E-state index in [9.17, 15) is 5.11 Å². The third-order valence-electron chi connectivity index (χ3n) is 4.92. The van der Waals surface area contributed by atoms with Gasteiger partial charge in [-0.05, 0) is 37.5 Å². The van der Waals surface area contributed by atoms with E-state index in [-0.39, 0.29) is 0 Å². The summed E-state index contributed by atoms with van der Waals surface area (Å²) < 4.78 is 0. The SMILES string of the molecule is N#Cc1ccc(N2CCC3(O)CCCCC3C2)c(N)c1. The van der Waals surface area contributed by atoms with Gasteiger partial charge < -0.3 is 15.7 Å². The van der Waals surface area contributed by atoms with Gasteiger partial charge in [-0.3, -0.25) is 0 Å². The summed E-state index contributed by atoms with van der Waals surface area (Å²) >= 11 is 0. The molecule has 0 spiro atoms. The molecule has 2 unspecified atom stereocenters. The predicted molar refractivity (Wildman–Crippen MR) is 79.3 cm³/mol. The molecule has 4 nitrogen and oxygen atoms in total. The number of anilines is 2. The zero-order valence-corrected chi connectivity index (χ0v) is 11.7. The van der Waals surface area contributed by atoms with Crippen LogP contribution in [-0.4, -0.2) is 23.8 Å². The molecular formula is C16H21N3O. The molecule has 20 heavy (non-hydrogen) atoms. The topological polar surface area (TPSA) is 73.3 Å². The van der Waals surface area contributed by atoms with E-state index in [2.05, 4.69) is 11.0 Å². The molecule has 2 atom stereocenters. The van der Waals surface area contributed by atoms with Gasteiger partial charge in [-0.15, -0.1) is 0 Å². The zero-order valence-electron chi connectivity index (χ0n) is 11.7. The summed E-state index contributed by atoms with van der Waals surface area (Å²) in [5.41, 5.74) is 7.86. The summed E-state index contributed by atoms with van der Waals surface area (Å²) in [5, 5.41) is 19.6. The van der Waals surface area contributed by atoms with Gasteiger partial charge in [-0.25, -0.2) is 0 Å². The number of aliphatic hydroxyl groups is 1. The molecule has 1 aliphatic heterocycles. The summed E-state index contributed by atoms with van der Waals surface area (Å²) in [5.74, 6) is 0.347. The van der Waals surface area contributed by atoms with Crippen molar-refractivity contribution in [1.82, 2.24) is 0 Å². The van der Waals surface area contributed by atoms with E-state index in [1.807, 2.05) is 12.1 Å². The normalized spacial score (nSPS) is 29.6. The number of benzene rings is 1. The molecular weight excluding hydrogens is 250 g/mol. The summed E-state index contributed by atoms with van der Waals surface area (Å²) in [7, 11) is 0. The van der Waals surface area contributed by atoms with Gasteiger partial charge >= 0.3 is 0 Å². The summed E-state index contributed by atoms with van der Waals surface area (Å²) in [6.45, 7) is 1.70. The van der Waals surface area contributed by atoms with Crippen molar-refractivity contribution in [1.29, 1.82) is 5.26 Å². The molecule has 1 aromatic carbocycles. The van der Waals surface area contributed by atoms with Gasteiger partial charge in [0, 0.05) is 19.0 Å². The second-order valence-corrected chi connectivity index (χ2v) is 6.13. The first-order valence-electron chi connectivity index (χ1n) is 7.39. The van der Waals surface area contributed by atoms with Gasteiger partial charge in [0.1, 0.15) is 0 Å². The van der Waals surface area contributed by atoms with Crippen molar-refractivity contribution in [2.75, 3.05) is 23.7 Å². The van der Waals surface area contributed by atoms with E-state index in [0.717, 1.165) is 44.5 Å². The average Bonchev–Trinajstić information content (AvgIpc) is 2.46. The van der Waals surface area contributed by atoms with Crippen molar-refractivity contribution in [3.8, 4) is 6.07 Å². The minimum atomic E-state index is -0.462. The first kappa shape index (κ1) is 13.3. The van der Waals surface area contributed by atoms with Crippen LogP contribution in [0.25, 0.3) is 0 Å². The summed E-state index contributed by atoms with van der Waals surface area (Å²) in [4.78, 5) is 2.26. The highest BCUT2D eigenvalue weighted by atomic mass is 16.3. The molecule has 106 valence electrons. The van der Waals surface area contributed by atoms with Crippen molar-refractivity contribution < 1.29 is 5.11 Å². The van der Waals surface area contributed by atoms with Crippen LogP contribution in [0.2, 0.25) is 0 Å². The minimum Gasteiger partial charge on any atom is -0.397 e. The van der Waals surface area contributed by atoms with E-state index in [1.54, 1.807) is 6.07 Å². The van der Waals surface area contributed by atoms with Crippen LogP contribution in [0.5, 0.6) is 0 Å². The van der Waals surface area contributed by atoms with Gasteiger partial charge in [-0.2, -0.15) is 5.26 Å². The summed E-state index contributed by atoms with van der Waals surface area (Å²) in [6.07, 6.45) is 5.21. The highest BCUT2D eigenvalue weighted by molar-refractivity contribution is 5.69. The molecule has 0 radical (unpaired) electrons. The Balaban J connectivity index is 1.81. The molecule has 2 fully saturated rings. The van der Waals surface area contributed by atoms with Crippen LogP contribution < -0.4 is 10.6 Å². The smallest absolute Gasteiger partial charge is 0.0992 e. The molecule has 0 amide bonds. The van der Waals surface area contributed by atoms with Gasteiger partial charge in [0.05, 0.1) is 28.6 Å². The molecule has 1 aromatic rings. The van der Waals surface area contributed by atoms with Gasteiger partial charge in [0.15, 0.2) is 0 Å². The Bertz CT molecular complexity index is 551. The second-order valence-electron chi connectivity index (χ2n) is 6.13. The van der Waals surface area contributed by atoms with Gasteiger partial charge in [0.2, 0.25) is 0 Å². The molecule has 0 bridgehead atoms. The monoisotopic (exact) mass is 271 g/mol. The molecule has 2 aliphatic rings. The largest absolute Gasteiger partial charge is 0.397 e. The van der Waals surface area contributed by atoms with Crippen LogP contribution in [0, 0.1) is 17.2 Å². The fraction of sp³-hybridized carbons (Fsp3) is 0.562. The predicted octanol–water partition coefficient (Wildman–Crippen LogP) is 2.27. The standard InChI is InChI=1S/C16H21N3O/c17-10-12-4-5-15(14(18)9-12)19-8-7-16(20)6-2-1-3-13(16)11-19/h4-5,9,13,20H,1-3,6-8,11,18H2. The number of nitrogens with zero attached hydrogens (tertiary/aromatic N) is 2. The fourth-order valence-corrected chi connectivity index (χ4v) is 3.70. The van der Waals surface area contributed by atoms with Crippen LogP contribution in [-0.2, 0) is 0 Å². The zero-order chi connectivity index (χ0) is 14.2. The Kier molecular flexibility index (Phi) is 3.31. The Morgan fingerprint density at radius 3 is 2.95 bits per heavy atom. The lowest BCUT2D eigenvalue weighted by atomic mass is 9.71. The van der Waals surface area contributed by atoms with E-state index >= 15 is 0 Å². The van der Waals surface area contributed by atoms with Crippen molar-refractivity contribution in [2.45, 2.75) is 37.7 Å². The average molecular weight is 271 g/mol. The van der Waals surface area contributed by atoms with Crippen molar-refractivity contribution in [3.63, 3.8) is 0 Å². The lowest BCUT2D eigenvalue weighted by molar-refractivity contribution is -0.0612. The minimum absolute atomic E-state index is 0.347. The number of fused-ring (bicyclic) bond motifs is 1. The Morgan fingerprint density at radius 1 is 1.35 bits per heavy atom. The van der Waals surface area contributed by atoms with Crippen LogP contribution in [0.15, 0.2) is 18.2 Å². The fourth-order valence-electron chi connectivity index (χ4n) is 3.70. The van der Waals surface area contributed by atoms with E-state index in [1.165, 1.54) is 6.42 Å². The van der Waals surface area contributed by atoms with Crippen molar-refractivity contribution >= 4 is 11.4 Å². The third-order valence-corrected chi connectivity index (χ3v) is 4.92. The third kappa shape index (κ3) is 2.23. The van der Waals surface area contributed by atoms with E-state index in [0.29, 0.717) is 17.2 Å². The molecule has 1 aliphatic carbocycles. The van der Waals surface area contributed by atoms with Crippen LogP contribution in [0.4, 0.5) is 11.4 Å². The quantitative estimate of drug-likeness (QED) is 0.768. The van der Waals surface area contributed by atoms with E-state index in [4.69, 9.17) is 11.0 Å². The number of piperidine rings is 1. The van der Waals surface area contributed by atoms with Crippen molar-refractivity contribution in [3.05, 3.63) is 23.8 Å². The summed E-state index contributed by atoms with van der Waals surface area (Å²) in [6, 6.07) is 7.59. The first-order chi connectivity index (χ1) is 9.62. The molecule has 0 aromatic heterocycles. The maximum atomic E-state index is 10.7. The number of hydrogen-bond donors (Lipinski definition) is 2.